The van der Waals surface area contributed by atoms with Crippen molar-refractivity contribution in [2.75, 3.05) is 26.2 Å². The molecule has 3 aromatic carbocycles. The van der Waals surface area contributed by atoms with Crippen LogP contribution in [0.3, 0.4) is 0 Å². The first-order chi connectivity index (χ1) is 15.3. The number of nitrogens with zero attached hydrogens (tertiary/aromatic N) is 2. The van der Waals surface area contributed by atoms with E-state index in [0.29, 0.717) is 25.3 Å². The number of carbonyl (C=O) groups excluding carboxylic acids is 1. The Hall–Kier alpha value is -3.44. The minimum Gasteiger partial charge on any atom is -0.347 e. The number of aromatic nitrogens is 2. The number of fused-ring (bicyclic) bond motifs is 1. The van der Waals surface area contributed by atoms with Crippen LogP contribution in [0.2, 0.25) is 0 Å². The summed E-state index contributed by atoms with van der Waals surface area (Å²) in [6, 6.07) is 24.9. The van der Waals surface area contributed by atoms with Gasteiger partial charge < -0.3 is 15.2 Å². The molecule has 1 amide bonds. The highest BCUT2D eigenvalue weighted by Gasteiger charge is 2.47. The van der Waals surface area contributed by atoms with Crippen LogP contribution in [0.15, 0.2) is 85.2 Å². The Balaban J connectivity index is 1.67. The standard InChI is InChI=1S/C26H26N4O/c31-25(30-16-14-27-15-17-30)26(24-28-12-13-29-24,23-8-2-1-3-9-23)19-20-10-11-21-6-4-5-7-22(21)18-20/h1-13,18,27H,14-17,19H2,(H,28,29). The second-order valence-electron chi connectivity index (χ2n) is 8.11. The molecule has 1 aliphatic rings. The van der Waals surface area contributed by atoms with Gasteiger partial charge in [-0.25, -0.2) is 4.98 Å². The van der Waals surface area contributed by atoms with Crippen molar-refractivity contribution in [2.45, 2.75) is 11.8 Å². The molecule has 2 heterocycles. The van der Waals surface area contributed by atoms with Gasteiger partial charge in [0.1, 0.15) is 11.2 Å². The maximum Gasteiger partial charge on any atom is 0.241 e. The lowest BCUT2D eigenvalue weighted by Gasteiger charge is -2.38. The van der Waals surface area contributed by atoms with Crippen molar-refractivity contribution in [2.24, 2.45) is 0 Å². The summed E-state index contributed by atoms with van der Waals surface area (Å²) >= 11 is 0. The van der Waals surface area contributed by atoms with Crippen molar-refractivity contribution in [1.29, 1.82) is 0 Å². The molecule has 1 aromatic heterocycles. The summed E-state index contributed by atoms with van der Waals surface area (Å²) in [5.41, 5.74) is 1.16. The van der Waals surface area contributed by atoms with Gasteiger partial charge in [-0.1, -0.05) is 72.8 Å². The predicted molar refractivity (Wildman–Crippen MR) is 123 cm³/mol. The van der Waals surface area contributed by atoms with Crippen LogP contribution in [0.5, 0.6) is 0 Å². The van der Waals surface area contributed by atoms with E-state index in [4.69, 9.17) is 0 Å². The van der Waals surface area contributed by atoms with Gasteiger partial charge in [0.25, 0.3) is 0 Å². The highest BCUT2D eigenvalue weighted by Crippen LogP contribution is 2.37. The van der Waals surface area contributed by atoms with Gasteiger partial charge in [-0.15, -0.1) is 0 Å². The van der Waals surface area contributed by atoms with Crippen LogP contribution in [-0.2, 0) is 16.6 Å². The number of H-pyrrole nitrogens is 1. The monoisotopic (exact) mass is 410 g/mol. The summed E-state index contributed by atoms with van der Waals surface area (Å²) in [5, 5.41) is 5.72. The van der Waals surface area contributed by atoms with Gasteiger partial charge in [0.15, 0.2) is 0 Å². The molecule has 0 bridgehead atoms. The molecule has 1 aliphatic heterocycles. The second kappa shape index (κ2) is 8.36. The number of benzene rings is 3. The molecule has 0 spiro atoms. The van der Waals surface area contributed by atoms with Gasteiger partial charge >= 0.3 is 0 Å². The van der Waals surface area contributed by atoms with E-state index in [9.17, 15) is 4.79 Å². The summed E-state index contributed by atoms with van der Waals surface area (Å²) in [6.45, 7) is 3.02. The Kier molecular flexibility index (Phi) is 5.26. The van der Waals surface area contributed by atoms with Gasteiger partial charge in [0.2, 0.25) is 5.91 Å². The molecular weight excluding hydrogens is 384 g/mol. The predicted octanol–water partition coefficient (Wildman–Crippen LogP) is 3.52. The number of hydrogen-bond donors (Lipinski definition) is 2. The minimum absolute atomic E-state index is 0.100. The van der Waals surface area contributed by atoms with Crippen LogP contribution < -0.4 is 5.32 Å². The first-order valence-electron chi connectivity index (χ1n) is 10.8. The average molecular weight is 411 g/mol. The molecule has 31 heavy (non-hydrogen) atoms. The van der Waals surface area contributed by atoms with Crippen LogP contribution >= 0.6 is 0 Å². The zero-order chi connectivity index (χ0) is 21.1. The fourth-order valence-electron chi connectivity index (χ4n) is 4.64. The lowest BCUT2D eigenvalue weighted by Crippen LogP contribution is -2.55. The van der Waals surface area contributed by atoms with Gasteiger partial charge in [0.05, 0.1) is 0 Å². The first kappa shape index (κ1) is 19.5. The maximum absolute atomic E-state index is 14.2. The number of amides is 1. The van der Waals surface area contributed by atoms with E-state index in [0.717, 1.165) is 24.2 Å². The third-order valence-electron chi connectivity index (χ3n) is 6.22. The Morgan fingerprint density at radius 3 is 2.42 bits per heavy atom. The minimum atomic E-state index is -0.912. The summed E-state index contributed by atoms with van der Waals surface area (Å²) in [5.74, 6) is 0.790. The zero-order valence-electron chi connectivity index (χ0n) is 17.4. The van der Waals surface area contributed by atoms with Crippen LogP contribution in [-0.4, -0.2) is 47.0 Å². The van der Waals surface area contributed by atoms with E-state index in [-0.39, 0.29) is 5.91 Å². The van der Waals surface area contributed by atoms with Gasteiger partial charge in [0, 0.05) is 38.6 Å². The summed E-state index contributed by atoms with van der Waals surface area (Å²) in [7, 11) is 0. The van der Waals surface area contributed by atoms with Crippen molar-refractivity contribution in [1.82, 2.24) is 20.2 Å². The number of aromatic amines is 1. The van der Waals surface area contributed by atoms with Gasteiger partial charge in [-0.2, -0.15) is 0 Å². The van der Waals surface area contributed by atoms with Crippen LogP contribution in [0.4, 0.5) is 0 Å². The fourth-order valence-corrected chi connectivity index (χ4v) is 4.64. The largest absolute Gasteiger partial charge is 0.347 e. The molecule has 4 aromatic rings. The first-order valence-corrected chi connectivity index (χ1v) is 10.8. The molecule has 5 rings (SSSR count). The molecule has 0 radical (unpaired) electrons. The summed E-state index contributed by atoms with van der Waals surface area (Å²) in [4.78, 5) is 24.1. The molecule has 1 fully saturated rings. The highest BCUT2D eigenvalue weighted by molar-refractivity contribution is 5.92. The molecular formula is C26H26N4O. The molecule has 0 saturated carbocycles. The van der Waals surface area contributed by atoms with Crippen molar-refractivity contribution < 1.29 is 4.79 Å². The molecule has 0 aliphatic carbocycles. The molecule has 1 atom stereocenters. The molecule has 2 N–H and O–H groups in total. The Morgan fingerprint density at radius 1 is 0.935 bits per heavy atom. The third kappa shape index (κ3) is 3.62. The van der Waals surface area contributed by atoms with Crippen molar-refractivity contribution in [3.8, 4) is 0 Å². The zero-order valence-corrected chi connectivity index (χ0v) is 17.4. The number of nitrogens with one attached hydrogen (secondary N) is 2. The molecule has 1 unspecified atom stereocenters. The van der Waals surface area contributed by atoms with E-state index in [2.05, 4.69) is 51.7 Å². The Labute approximate surface area is 182 Å². The maximum atomic E-state index is 14.2. The van der Waals surface area contributed by atoms with Crippen molar-refractivity contribution in [3.05, 3.63) is 102 Å². The van der Waals surface area contributed by atoms with Gasteiger partial charge in [-0.3, -0.25) is 4.79 Å². The molecule has 5 heteroatoms. The topological polar surface area (TPSA) is 61.0 Å². The van der Waals surface area contributed by atoms with Crippen LogP contribution in [0.25, 0.3) is 10.8 Å². The number of hydrogen-bond acceptors (Lipinski definition) is 3. The number of rotatable bonds is 5. The third-order valence-corrected chi connectivity index (χ3v) is 6.22. The second-order valence-corrected chi connectivity index (χ2v) is 8.11. The Morgan fingerprint density at radius 2 is 1.68 bits per heavy atom. The molecule has 5 nitrogen and oxygen atoms in total. The molecule has 156 valence electrons. The van der Waals surface area contributed by atoms with E-state index in [1.807, 2.05) is 41.3 Å². The highest BCUT2D eigenvalue weighted by atomic mass is 16.2. The van der Waals surface area contributed by atoms with E-state index >= 15 is 0 Å². The lowest BCUT2D eigenvalue weighted by atomic mass is 9.73. The number of imidazole rings is 1. The van der Waals surface area contributed by atoms with Crippen molar-refractivity contribution in [3.63, 3.8) is 0 Å². The quantitative estimate of drug-likeness (QED) is 0.529. The van der Waals surface area contributed by atoms with Crippen LogP contribution in [0, 0.1) is 0 Å². The summed E-state index contributed by atoms with van der Waals surface area (Å²) in [6.07, 6.45) is 4.08. The summed E-state index contributed by atoms with van der Waals surface area (Å²) < 4.78 is 0. The van der Waals surface area contributed by atoms with E-state index in [1.54, 1.807) is 12.4 Å². The average Bonchev–Trinajstić information content (AvgIpc) is 3.38. The normalized spacial score (nSPS) is 16.2. The smallest absolute Gasteiger partial charge is 0.241 e. The SMILES string of the molecule is O=C(N1CCNCC1)C(Cc1ccc2ccccc2c1)(c1ccccc1)c1ncc[nH]1. The molecule has 1 saturated heterocycles. The van der Waals surface area contributed by atoms with Gasteiger partial charge in [-0.05, 0) is 28.3 Å². The van der Waals surface area contributed by atoms with E-state index < -0.39 is 5.41 Å². The Bertz CT molecular complexity index is 1170. The number of piperazine rings is 1. The van der Waals surface area contributed by atoms with E-state index in [1.165, 1.54) is 10.8 Å². The lowest BCUT2D eigenvalue weighted by molar-refractivity contribution is -0.136. The number of carbonyl (C=O) groups is 1. The fraction of sp³-hybridized carbons (Fsp3) is 0.231. The van der Waals surface area contributed by atoms with Crippen molar-refractivity contribution >= 4 is 16.7 Å². The van der Waals surface area contributed by atoms with Crippen LogP contribution in [0.1, 0.15) is 17.0 Å².